The van der Waals surface area contributed by atoms with E-state index in [1.807, 2.05) is 6.07 Å². The van der Waals surface area contributed by atoms with Gasteiger partial charge in [-0.25, -0.2) is 4.99 Å². The Bertz CT molecular complexity index is 765. The van der Waals surface area contributed by atoms with Crippen molar-refractivity contribution in [2.24, 2.45) is 4.99 Å². The van der Waals surface area contributed by atoms with E-state index in [1.54, 1.807) is 11.3 Å². The SMILES string of the molecule is CCNC(=NCc1cc(C(C)C)no1)NCC(c1cccs1)N1CCOC(C)C1.I. The van der Waals surface area contributed by atoms with Crippen LogP contribution >= 0.6 is 35.3 Å². The van der Waals surface area contributed by atoms with E-state index < -0.39 is 0 Å². The summed E-state index contributed by atoms with van der Waals surface area (Å²) in [7, 11) is 0. The Morgan fingerprint density at radius 3 is 2.87 bits per heavy atom. The molecule has 1 aliphatic heterocycles. The van der Waals surface area contributed by atoms with Gasteiger partial charge in [-0.15, -0.1) is 35.3 Å². The Hall–Kier alpha value is -1.17. The third-order valence-electron chi connectivity index (χ3n) is 4.95. The van der Waals surface area contributed by atoms with E-state index in [2.05, 4.69) is 65.9 Å². The van der Waals surface area contributed by atoms with Gasteiger partial charge in [0.25, 0.3) is 0 Å². The molecular weight excluding hydrogens is 513 g/mol. The van der Waals surface area contributed by atoms with E-state index >= 15 is 0 Å². The number of ether oxygens (including phenoxy) is 1. The Balaban J connectivity index is 0.00000320. The van der Waals surface area contributed by atoms with E-state index in [1.165, 1.54) is 4.88 Å². The predicted octanol–water partition coefficient (Wildman–Crippen LogP) is 3.99. The maximum Gasteiger partial charge on any atom is 0.191 e. The fourth-order valence-electron chi connectivity index (χ4n) is 3.39. The molecule has 2 aromatic heterocycles. The zero-order chi connectivity index (χ0) is 20.6. The van der Waals surface area contributed by atoms with Gasteiger partial charge in [-0.1, -0.05) is 25.1 Å². The fourth-order valence-corrected chi connectivity index (χ4v) is 4.25. The third-order valence-corrected chi connectivity index (χ3v) is 5.93. The van der Waals surface area contributed by atoms with Gasteiger partial charge in [0.15, 0.2) is 11.7 Å². The number of halogens is 1. The van der Waals surface area contributed by atoms with Crippen LogP contribution in [0.3, 0.4) is 0 Å². The van der Waals surface area contributed by atoms with Crippen molar-refractivity contribution in [2.75, 3.05) is 32.8 Å². The molecule has 0 radical (unpaired) electrons. The quantitative estimate of drug-likeness (QED) is 0.296. The molecule has 168 valence electrons. The van der Waals surface area contributed by atoms with Crippen LogP contribution in [0, 0.1) is 0 Å². The summed E-state index contributed by atoms with van der Waals surface area (Å²) in [6, 6.07) is 6.61. The topological polar surface area (TPSA) is 74.9 Å². The molecule has 2 atom stereocenters. The van der Waals surface area contributed by atoms with Crippen molar-refractivity contribution < 1.29 is 9.26 Å². The first kappa shape index (κ1) is 25.1. The molecule has 3 heterocycles. The van der Waals surface area contributed by atoms with Crippen molar-refractivity contribution in [3.8, 4) is 0 Å². The van der Waals surface area contributed by atoms with Crippen LogP contribution in [0.2, 0.25) is 0 Å². The molecule has 9 heteroatoms. The second-order valence-corrected chi connectivity index (χ2v) is 8.64. The monoisotopic (exact) mass is 547 g/mol. The summed E-state index contributed by atoms with van der Waals surface area (Å²) in [5, 5.41) is 13.1. The number of hydrogen-bond acceptors (Lipinski definition) is 6. The van der Waals surface area contributed by atoms with Gasteiger partial charge in [-0.3, -0.25) is 4.90 Å². The van der Waals surface area contributed by atoms with Crippen molar-refractivity contribution in [1.82, 2.24) is 20.7 Å². The first-order valence-electron chi connectivity index (χ1n) is 10.4. The average molecular weight is 548 g/mol. The minimum absolute atomic E-state index is 0. The van der Waals surface area contributed by atoms with Gasteiger partial charge in [-0.05, 0) is 31.2 Å². The van der Waals surface area contributed by atoms with E-state index in [4.69, 9.17) is 14.3 Å². The molecule has 2 N–H and O–H groups in total. The number of rotatable bonds is 8. The van der Waals surface area contributed by atoms with Crippen LogP contribution in [-0.2, 0) is 11.3 Å². The number of guanidine groups is 1. The smallest absolute Gasteiger partial charge is 0.191 e. The van der Waals surface area contributed by atoms with Gasteiger partial charge in [0, 0.05) is 37.1 Å². The van der Waals surface area contributed by atoms with Crippen molar-refractivity contribution >= 4 is 41.3 Å². The van der Waals surface area contributed by atoms with Crippen molar-refractivity contribution in [3.05, 3.63) is 39.9 Å². The Morgan fingerprint density at radius 2 is 2.23 bits per heavy atom. The van der Waals surface area contributed by atoms with Crippen LogP contribution in [0.5, 0.6) is 0 Å². The van der Waals surface area contributed by atoms with Crippen LogP contribution in [0.15, 0.2) is 33.1 Å². The van der Waals surface area contributed by atoms with Gasteiger partial charge in [0.2, 0.25) is 0 Å². The summed E-state index contributed by atoms with van der Waals surface area (Å²) < 4.78 is 11.1. The maximum absolute atomic E-state index is 5.73. The second-order valence-electron chi connectivity index (χ2n) is 7.66. The number of morpholine rings is 1. The summed E-state index contributed by atoms with van der Waals surface area (Å²) in [4.78, 5) is 8.55. The minimum Gasteiger partial charge on any atom is -0.376 e. The van der Waals surface area contributed by atoms with Gasteiger partial charge < -0.3 is 19.9 Å². The lowest BCUT2D eigenvalue weighted by Gasteiger charge is -2.37. The summed E-state index contributed by atoms with van der Waals surface area (Å²) in [6.45, 7) is 13.1. The van der Waals surface area contributed by atoms with Gasteiger partial charge in [0.05, 0.1) is 24.4 Å². The molecule has 0 aliphatic carbocycles. The first-order chi connectivity index (χ1) is 14.1. The van der Waals surface area contributed by atoms with E-state index in [-0.39, 0.29) is 30.1 Å². The van der Waals surface area contributed by atoms with Crippen LogP contribution in [0.4, 0.5) is 0 Å². The Labute approximate surface area is 200 Å². The molecule has 30 heavy (non-hydrogen) atoms. The van der Waals surface area contributed by atoms with E-state index in [0.29, 0.717) is 18.5 Å². The fraction of sp³-hybridized carbons (Fsp3) is 0.619. The van der Waals surface area contributed by atoms with Crippen LogP contribution in [0.25, 0.3) is 0 Å². The summed E-state index contributed by atoms with van der Waals surface area (Å²) in [5.41, 5.74) is 0.965. The lowest BCUT2D eigenvalue weighted by atomic mass is 10.1. The highest BCUT2D eigenvalue weighted by Crippen LogP contribution is 2.26. The molecule has 1 saturated heterocycles. The molecule has 2 unspecified atom stereocenters. The highest BCUT2D eigenvalue weighted by molar-refractivity contribution is 14.0. The van der Waals surface area contributed by atoms with Gasteiger partial charge in [0.1, 0.15) is 6.54 Å². The molecule has 0 saturated carbocycles. The zero-order valence-corrected chi connectivity index (χ0v) is 21.4. The summed E-state index contributed by atoms with van der Waals surface area (Å²) >= 11 is 1.80. The van der Waals surface area contributed by atoms with Crippen LogP contribution in [-0.4, -0.2) is 54.9 Å². The lowest BCUT2D eigenvalue weighted by molar-refractivity contribution is -0.0334. The van der Waals surface area contributed by atoms with Gasteiger partial charge >= 0.3 is 0 Å². The highest BCUT2D eigenvalue weighted by Gasteiger charge is 2.26. The molecule has 1 aliphatic rings. The molecule has 0 amide bonds. The van der Waals surface area contributed by atoms with Gasteiger partial charge in [-0.2, -0.15) is 0 Å². The predicted molar refractivity (Wildman–Crippen MR) is 133 cm³/mol. The van der Waals surface area contributed by atoms with Crippen molar-refractivity contribution in [1.29, 1.82) is 0 Å². The van der Waals surface area contributed by atoms with E-state index in [0.717, 1.165) is 50.2 Å². The van der Waals surface area contributed by atoms with Crippen molar-refractivity contribution in [3.63, 3.8) is 0 Å². The van der Waals surface area contributed by atoms with Crippen molar-refractivity contribution in [2.45, 2.75) is 52.3 Å². The van der Waals surface area contributed by atoms with Crippen LogP contribution < -0.4 is 10.6 Å². The molecule has 7 nitrogen and oxygen atoms in total. The van der Waals surface area contributed by atoms with E-state index in [9.17, 15) is 0 Å². The normalized spacial score (nSPS) is 18.8. The molecule has 2 aromatic rings. The number of hydrogen-bond donors (Lipinski definition) is 2. The molecule has 3 rings (SSSR count). The Morgan fingerprint density at radius 1 is 1.40 bits per heavy atom. The maximum atomic E-state index is 5.73. The molecule has 1 fully saturated rings. The molecule has 0 bridgehead atoms. The second kappa shape index (κ2) is 12.6. The number of nitrogens with one attached hydrogen (secondary N) is 2. The summed E-state index contributed by atoms with van der Waals surface area (Å²) in [5.74, 6) is 1.92. The number of aliphatic imine (C=N–C) groups is 1. The molecule has 0 spiro atoms. The minimum atomic E-state index is 0. The number of aromatic nitrogens is 1. The highest BCUT2D eigenvalue weighted by atomic mass is 127. The number of thiophene rings is 1. The largest absolute Gasteiger partial charge is 0.376 e. The molecular formula is C21H34IN5O2S. The lowest BCUT2D eigenvalue weighted by Crippen LogP contribution is -2.48. The average Bonchev–Trinajstić information content (AvgIpc) is 3.38. The standard InChI is InChI=1S/C21H33N5O2S.HI/c1-5-22-21(23-12-17-11-18(15(2)3)25-28-17)24-13-19(20-7-6-10-29-20)26-8-9-27-16(4)14-26;/h6-7,10-11,15-16,19H,5,8-9,12-14H2,1-4H3,(H2,22,23,24);1H. The summed E-state index contributed by atoms with van der Waals surface area (Å²) in [6.07, 6.45) is 0.259. The molecule has 0 aromatic carbocycles. The first-order valence-corrected chi connectivity index (χ1v) is 11.3. The van der Waals surface area contributed by atoms with Crippen LogP contribution in [0.1, 0.15) is 56.0 Å². The Kier molecular flexibility index (Phi) is 10.6. The third kappa shape index (κ3) is 7.21. The zero-order valence-electron chi connectivity index (χ0n) is 18.3. The number of nitrogens with zero attached hydrogens (tertiary/aromatic N) is 3.